The maximum Gasteiger partial charge on any atom is 0.192 e. The maximum atomic E-state index is 12.9. The van der Waals surface area contributed by atoms with Crippen molar-refractivity contribution in [3.05, 3.63) is 53.1 Å². The van der Waals surface area contributed by atoms with E-state index in [0.29, 0.717) is 22.8 Å². The van der Waals surface area contributed by atoms with Crippen LogP contribution in [0, 0.1) is 20.8 Å². The summed E-state index contributed by atoms with van der Waals surface area (Å²) in [5.74, 6) is 1.10. The number of para-hydroxylation sites is 1. The maximum absolute atomic E-state index is 12.9. The molecule has 0 unspecified atom stereocenters. The molecule has 3 aromatic heterocycles. The van der Waals surface area contributed by atoms with E-state index in [1.54, 1.807) is 4.52 Å². The summed E-state index contributed by atoms with van der Waals surface area (Å²) in [6.45, 7) is 10.2. The number of nitrogens with zero attached hydrogens (tertiary/aromatic N) is 5. The number of thioether (sulfide) groups is 1. The predicted molar refractivity (Wildman–Crippen MR) is 112 cm³/mol. The van der Waals surface area contributed by atoms with Gasteiger partial charge in [-0.1, -0.05) is 23.9 Å². The molecule has 3 heterocycles. The van der Waals surface area contributed by atoms with E-state index in [0.717, 1.165) is 33.5 Å². The molecular formula is C21H23N5OS. The van der Waals surface area contributed by atoms with Crippen LogP contribution in [0.1, 0.15) is 47.5 Å². The van der Waals surface area contributed by atoms with Crippen LogP contribution in [0.3, 0.4) is 0 Å². The molecule has 0 saturated heterocycles. The molecule has 4 aromatic rings. The third-order valence-corrected chi connectivity index (χ3v) is 5.82. The van der Waals surface area contributed by atoms with Crippen molar-refractivity contribution >= 4 is 34.1 Å². The monoisotopic (exact) mass is 393 g/mol. The largest absolute Gasteiger partial charge is 0.346 e. The number of ketones is 1. The van der Waals surface area contributed by atoms with Gasteiger partial charge < -0.3 is 4.57 Å². The van der Waals surface area contributed by atoms with Gasteiger partial charge in [-0.2, -0.15) is 4.52 Å². The lowest BCUT2D eigenvalue weighted by Crippen LogP contribution is -2.09. The molecular weight excluding hydrogens is 370 g/mol. The topological polar surface area (TPSA) is 65.1 Å². The highest BCUT2D eigenvalue weighted by atomic mass is 32.2. The highest BCUT2D eigenvalue weighted by Crippen LogP contribution is 2.26. The van der Waals surface area contributed by atoms with Crippen molar-refractivity contribution in [2.45, 2.75) is 45.8 Å². The quantitative estimate of drug-likeness (QED) is 0.282. The van der Waals surface area contributed by atoms with Gasteiger partial charge in [-0.3, -0.25) is 4.79 Å². The molecule has 144 valence electrons. The Morgan fingerprint density at radius 2 is 1.89 bits per heavy atom. The van der Waals surface area contributed by atoms with Gasteiger partial charge in [-0.15, -0.1) is 5.10 Å². The third kappa shape index (κ3) is 3.09. The summed E-state index contributed by atoms with van der Waals surface area (Å²) in [7, 11) is 0. The Balaban J connectivity index is 1.67. The van der Waals surface area contributed by atoms with Crippen molar-refractivity contribution in [1.29, 1.82) is 0 Å². The van der Waals surface area contributed by atoms with E-state index in [2.05, 4.69) is 28.5 Å². The number of carbonyl (C=O) groups is 1. The van der Waals surface area contributed by atoms with E-state index in [4.69, 9.17) is 4.98 Å². The average Bonchev–Trinajstić information content (AvgIpc) is 3.18. The number of carbonyl (C=O) groups excluding carboxylic acids is 1. The molecule has 1 aromatic carbocycles. The van der Waals surface area contributed by atoms with Gasteiger partial charge in [0, 0.05) is 28.4 Å². The second-order valence-corrected chi connectivity index (χ2v) is 8.21. The van der Waals surface area contributed by atoms with Crippen LogP contribution in [0.5, 0.6) is 0 Å². The van der Waals surface area contributed by atoms with Gasteiger partial charge in [0.15, 0.2) is 16.6 Å². The molecule has 6 nitrogen and oxygen atoms in total. The molecule has 0 aliphatic heterocycles. The van der Waals surface area contributed by atoms with Crippen molar-refractivity contribution in [2.75, 3.05) is 5.75 Å². The average molecular weight is 394 g/mol. The number of hydrogen-bond acceptors (Lipinski definition) is 5. The van der Waals surface area contributed by atoms with Crippen molar-refractivity contribution in [3.8, 4) is 0 Å². The standard InChI is InChI=1S/C21H23N5OS/c1-12(2)25-13(3)10-17(14(25)4)19(27)11-28-21-23-18-9-7-6-8-16(18)20-22-15(5)24-26(20)21/h6-10,12H,11H2,1-5H3. The van der Waals surface area contributed by atoms with Gasteiger partial charge in [-0.25, -0.2) is 9.97 Å². The Kier molecular flexibility index (Phi) is 4.71. The molecule has 0 atom stereocenters. The summed E-state index contributed by atoms with van der Waals surface area (Å²) in [4.78, 5) is 22.2. The van der Waals surface area contributed by atoms with Crippen LogP contribution in [0.25, 0.3) is 16.6 Å². The first kappa shape index (κ1) is 18.7. The molecule has 0 aliphatic rings. The van der Waals surface area contributed by atoms with Crippen LogP contribution in [0.4, 0.5) is 0 Å². The van der Waals surface area contributed by atoms with Crippen LogP contribution in [-0.4, -0.2) is 35.7 Å². The zero-order chi connectivity index (χ0) is 20.0. The summed E-state index contributed by atoms with van der Waals surface area (Å²) in [5.41, 5.74) is 4.54. The molecule has 28 heavy (non-hydrogen) atoms. The first-order valence-electron chi connectivity index (χ1n) is 9.33. The molecule has 0 spiro atoms. The van der Waals surface area contributed by atoms with Crippen LogP contribution in [-0.2, 0) is 0 Å². The minimum atomic E-state index is 0.102. The minimum absolute atomic E-state index is 0.102. The molecule has 0 amide bonds. The first-order chi connectivity index (χ1) is 13.4. The van der Waals surface area contributed by atoms with Gasteiger partial charge in [0.25, 0.3) is 0 Å². The van der Waals surface area contributed by atoms with Gasteiger partial charge >= 0.3 is 0 Å². The molecule has 4 rings (SSSR count). The summed E-state index contributed by atoms with van der Waals surface area (Å²) >= 11 is 1.40. The smallest absolute Gasteiger partial charge is 0.192 e. The second kappa shape index (κ2) is 7.05. The number of aromatic nitrogens is 5. The van der Waals surface area contributed by atoms with Gasteiger partial charge in [0.2, 0.25) is 0 Å². The molecule has 0 aliphatic carbocycles. The normalized spacial score (nSPS) is 11.8. The fourth-order valence-corrected chi connectivity index (χ4v) is 4.62. The fraction of sp³-hybridized carbons (Fsp3) is 0.333. The Morgan fingerprint density at radius 3 is 2.61 bits per heavy atom. The lowest BCUT2D eigenvalue weighted by Gasteiger charge is -2.13. The minimum Gasteiger partial charge on any atom is -0.346 e. The van der Waals surface area contributed by atoms with E-state index in [1.165, 1.54) is 11.8 Å². The summed E-state index contributed by atoms with van der Waals surface area (Å²) in [5, 5.41) is 6.12. The SMILES string of the molecule is Cc1nc2c3ccccc3nc(SCC(=O)c3cc(C)n(C(C)C)c3C)n2n1. The van der Waals surface area contributed by atoms with Crippen LogP contribution >= 0.6 is 11.8 Å². The number of Topliss-reactive ketones (excluding diaryl/α,β-unsaturated/α-hetero) is 1. The summed E-state index contributed by atoms with van der Waals surface area (Å²) < 4.78 is 3.94. The van der Waals surface area contributed by atoms with Crippen LogP contribution < -0.4 is 0 Å². The second-order valence-electron chi connectivity index (χ2n) is 7.27. The number of aryl methyl sites for hydroxylation is 2. The molecule has 0 saturated carbocycles. The van der Waals surface area contributed by atoms with Gasteiger partial charge in [0.1, 0.15) is 5.82 Å². The van der Waals surface area contributed by atoms with E-state index in [1.807, 2.05) is 51.1 Å². The number of fused-ring (bicyclic) bond motifs is 3. The number of benzene rings is 1. The van der Waals surface area contributed by atoms with E-state index in [9.17, 15) is 4.79 Å². The summed E-state index contributed by atoms with van der Waals surface area (Å²) in [6.07, 6.45) is 0. The van der Waals surface area contributed by atoms with E-state index < -0.39 is 0 Å². The van der Waals surface area contributed by atoms with Crippen LogP contribution in [0.15, 0.2) is 35.5 Å². The van der Waals surface area contributed by atoms with Crippen molar-refractivity contribution in [1.82, 2.24) is 24.1 Å². The number of rotatable bonds is 5. The first-order valence-corrected chi connectivity index (χ1v) is 10.3. The van der Waals surface area contributed by atoms with Crippen molar-refractivity contribution in [2.24, 2.45) is 0 Å². The van der Waals surface area contributed by atoms with Crippen molar-refractivity contribution in [3.63, 3.8) is 0 Å². The zero-order valence-corrected chi connectivity index (χ0v) is 17.5. The Morgan fingerprint density at radius 1 is 1.14 bits per heavy atom. The fourth-order valence-electron chi connectivity index (χ4n) is 3.79. The van der Waals surface area contributed by atoms with Crippen LogP contribution in [0.2, 0.25) is 0 Å². The predicted octanol–water partition coefficient (Wildman–Crippen LogP) is 4.56. The zero-order valence-electron chi connectivity index (χ0n) is 16.7. The lowest BCUT2D eigenvalue weighted by atomic mass is 10.2. The Hall–Kier alpha value is -2.67. The Labute approximate surface area is 168 Å². The van der Waals surface area contributed by atoms with Gasteiger partial charge in [0.05, 0.1) is 11.3 Å². The third-order valence-electron chi connectivity index (χ3n) is 4.89. The molecule has 0 bridgehead atoms. The highest BCUT2D eigenvalue weighted by Gasteiger charge is 2.19. The number of hydrogen-bond donors (Lipinski definition) is 0. The molecule has 0 N–H and O–H groups in total. The van der Waals surface area contributed by atoms with Crippen molar-refractivity contribution < 1.29 is 4.79 Å². The highest BCUT2D eigenvalue weighted by molar-refractivity contribution is 7.99. The van der Waals surface area contributed by atoms with E-state index >= 15 is 0 Å². The lowest BCUT2D eigenvalue weighted by molar-refractivity contribution is 0.102. The van der Waals surface area contributed by atoms with Gasteiger partial charge in [-0.05, 0) is 52.8 Å². The molecule has 7 heteroatoms. The Bertz CT molecular complexity index is 1200. The summed E-state index contributed by atoms with van der Waals surface area (Å²) in [6, 6.07) is 10.2. The van der Waals surface area contributed by atoms with E-state index in [-0.39, 0.29) is 5.78 Å². The molecule has 0 fully saturated rings. The molecule has 0 radical (unpaired) electrons.